The Morgan fingerprint density at radius 1 is 0.690 bits per heavy atom. The Morgan fingerprint density at radius 2 is 1.07 bits per heavy atom. The summed E-state index contributed by atoms with van der Waals surface area (Å²) in [5.74, 6) is 6.65. The van der Waals surface area contributed by atoms with Gasteiger partial charge in [0.2, 0.25) is 0 Å². The second-order valence-electron chi connectivity index (χ2n) is 7.32. The first-order valence-electron chi connectivity index (χ1n) is 10.5. The first-order chi connectivity index (χ1) is 14.2. The average Bonchev–Trinajstić information content (AvgIpc) is 2.77. The van der Waals surface area contributed by atoms with Crippen LogP contribution in [0.15, 0.2) is 48.5 Å². The molecule has 0 atom stereocenters. The Hall–Kier alpha value is -2.84. The van der Waals surface area contributed by atoms with Crippen LogP contribution in [0.1, 0.15) is 63.5 Å². The summed E-state index contributed by atoms with van der Waals surface area (Å²) in [4.78, 5) is 0. The average molecular weight is 389 g/mol. The predicted octanol–water partition coefficient (Wildman–Crippen LogP) is 6.38. The maximum atomic E-state index is 5.58. The van der Waals surface area contributed by atoms with Crippen LogP contribution >= 0.6 is 0 Å². The molecule has 0 aliphatic heterocycles. The second kappa shape index (κ2) is 11.9. The van der Waals surface area contributed by atoms with Gasteiger partial charge in [-0.25, -0.2) is 0 Å². The molecule has 152 valence electrons. The van der Waals surface area contributed by atoms with Gasteiger partial charge in [0.05, 0.1) is 0 Å². The fraction of sp³-hybridized carbons (Fsp3) is 0.407. The minimum atomic E-state index is -0.0265. The van der Waals surface area contributed by atoms with E-state index >= 15 is 0 Å². The molecule has 0 aromatic heterocycles. The van der Waals surface area contributed by atoms with Gasteiger partial charge < -0.3 is 9.47 Å². The minimum Gasteiger partial charge on any atom is -0.481 e. The topological polar surface area (TPSA) is 18.5 Å². The Bertz CT molecular complexity index is 732. The molecule has 0 saturated carbocycles. The first kappa shape index (κ1) is 22.4. The molecule has 2 heteroatoms. The molecule has 29 heavy (non-hydrogen) atoms. The molecule has 2 rings (SSSR count). The third-order valence-electron chi connectivity index (χ3n) is 5.37. The van der Waals surface area contributed by atoms with Crippen LogP contribution in [-0.2, 0) is 5.41 Å². The number of terminal acetylenes is 2. The van der Waals surface area contributed by atoms with Gasteiger partial charge >= 0.3 is 0 Å². The van der Waals surface area contributed by atoms with Crippen LogP contribution in [-0.4, -0.2) is 13.2 Å². The summed E-state index contributed by atoms with van der Waals surface area (Å²) in [6, 6.07) is 16.9. The van der Waals surface area contributed by atoms with Gasteiger partial charge in [-0.15, -0.1) is 12.8 Å². The molecular weight excluding hydrogens is 356 g/mol. The van der Waals surface area contributed by atoms with E-state index in [2.05, 4.69) is 50.0 Å². The van der Waals surface area contributed by atoms with Crippen molar-refractivity contribution in [2.75, 3.05) is 13.2 Å². The van der Waals surface area contributed by atoms with E-state index in [9.17, 15) is 0 Å². The summed E-state index contributed by atoms with van der Waals surface area (Å²) in [6.45, 7) is 5.07. The number of hydrogen-bond acceptors (Lipinski definition) is 2. The maximum Gasteiger partial charge on any atom is 0.148 e. The van der Waals surface area contributed by atoms with E-state index in [1.807, 2.05) is 24.3 Å². The van der Waals surface area contributed by atoms with Gasteiger partial charge in [-0.1, -0.05) is 75.6 Å². The highest BCUT2D eigenvalue weighted by Crippen LogP contribution is 2.42. The van der Waals surface area contributed by atoms with Gasteiger partial charge in [-0.05, 0) is 48.2 Å². The molecule has 2 aromatic rings. The summed E-state index contributed by atoms with van der Waals surface area (Å²) < 4.78 is 11.2. The molecule has 0 bridgehead atoms. The highest BCUT2D eigenvalue weighted by atomic mass is 16.5. The van der Waals surface area contributed by atoms with Crippen molar-refractivity contribution in [1.29, 1.82) is 0 Å². The van der Waals surface area contributed by atoms with Crippen LogP contribution in [0.2, 0.25) is 0 Å². The molecule has 0 spiro atoms. The zero-order valence-electron chi connectivity index (χ0n) is 17.7. The van der Waals surface area contributed by atoms with Crippen LogP contribution in [0.25, 0.3) is 0 Å². The Labute approximate surface area is 176 Å². The standard InChI is InChI=1S/C27H32O2/c1-5-9-19-27(20-10-6-2,23-11-15-25(16-12-23)28-21-7-3)24-13-17-26(18-14-24)29-22-8-4/h3-4,11-18H,5-6,9-10,19-22H2,1-2H3. The van der Waals surface area contributed by atoms with Crippen molar-refractivity contribution in [2.24, 2.45) is 0 Å². The Morgan fingerprint density at radius 3 is 1.38 bits per heavy atom. The third-order valence-corrected chi connectivity index (χ3v) is 5.37. The van der Waals surface area contributed by atoms with E-state index in [-0.39, 0.29) is 18.6 Å². The van der Waals surface area contributed by atoms with Gasteiger partial charge in [0, 0.05) is 5.41 Å². The monoisotopic (exact) mass is 388 g/mol. The van der Waals surface area contributed by atoms with E-state index in [0.29, 0.717) is 0 Å². The zero-order valence-corrected chi connectivity index (χ0v) is 17.7. The molecule has 0 fully saturated rings. The second-order valence-corrected chi connectivity index (χ2v) is 7.32. The van der Waals surface area contributed by atoms with E-state index in [1.165, 1.54) is 36.8 Å². The SMILES string of the molecule is C#CCOc1ccc(C(CCCC)(CCCC)c2ccc(OCC#C)cc2)cc1. The van der Waals surface area contributed by atoms with Crippen molar-refractivity contribution < 1.29 is 9.47 Å². The van der Waals surface area contributed by atoms with Crippen molar-refractivity contribution in [2.45, 2.75) is 57.8 Å². The number of hydrogen-bond donors (Lipinski definition) is 0. The van der Waals surface area contributed by atoms with E-state index in [4.69, 9.17) is 22.3 Å². The van der Waals surface area contributed by atoms with Crippen molar-refractivity contribution >= 4 is 0 Å². The van der Waals surface area contributed by atoms with Crippen LogP contribution in [0.5, 0.6) is 11.5 Å². The van der Waals surface area contributed by atoms with Gasteiger partial charge in [0.1, 0.15) is 24.7 Å². The Kier molecular flexibility index (Phi) is 9.20. The predicted molar refractivity (Wildman–Crippen MR) is 121 cm³/mol. The molecule has 0 amide bonds. The summed E-state index contributed by atoms with van der Waals surface area (Å²) in [5.41, 5.74) is 2.62. The molecule has 2 nitrogen and oxygen atoms in total. The molecule has 0 heterocycles. The quantitative estimate of drug-likeness (QED) is 0.393. The smallest absolute Gasteiger partial charge is 0.148 e. The first-order valence-corrected chi connectivity index (χ1v) is 10.5. The molecule has 0 N–H and O–H groups in total. The maximum absolute atomic E-state index is 5.58. The van der Waals surface area contributed by atoms with E-state index < -0.39 is 0 Å². The summed E-state index contributed by atoms with van der Waals surface area (Å²) >= 11 is 0. The molecule has 0 aliphatic rings. The highest BCUT2D eigenvalue weighted by Gasteiger charge is 2.33. The summed E-state index contributed by atoms with van der Waals surface area (Å²) in [7, 11) is 0. The number of unbranched alkanes of at least 4 members (excludes halogenated alkanes) is 2. The van der Waals surface area contributed by atoms with Crippen molar-refractivity contribution in [1.82, 2.24) is 0 Å². The van der Waals surface area contributed by atoms with Crippen LogP contribution < -0.4 is 9.47 Å². The van der Waals surface area contributed by atoms with E-state index in [1.54, 1.807) is 0 Å². The van der Waals surface area contributed by atoms with Crippen molar-refractivity contribution in [3.63, 3.8) is 0 Å². The van der Waals surface area contributed by atoms with Crippen molar-refractivity contribution in [3.8, 4) is 36.2 Å². The van der Waals surface area contributed by atoms with Gasteiger partial charge in [-0.2, -0.15) is 0 Å². The van der Waals surface area contributed by atoms with Crippen LogP contribution in [0.4, 0.5) is 0 Å². The molecule has 0 unspecified atom stereocenters. The summed E-state index contributed by atoms with van der Waals surface area (Å²) in [6.07, 6.45) is 17.5. The lowest BCUT2D eigenvalue weighted by atomic mass is 9.68. The largest absolute Gasteiger partial charge is 0.481 e. The molecule has 0 saturated heterocycles. The molecule has 0 aliphatic carbocycles. The van der Waals surface area contributed by atoms with Gasteiger partial charge in [0.25, 0.3) is 0 Å². The lowest BCUT2D eigenvalue weighted by Gasteiger charge is -2.36. The number of ether oxygens (including phenoxy) is 2. The van der Waals surface area contributed by atoms with Gasteiger partial charge in [0.15, 0.2) is 0 Å². The van der Waals surface area contributed by atoms with Crippen LogP contribution in [0, 0.1) is 24.7 Å². The zero-order chi connectivity index (χ0) is 21.0. The van der Waals surface area contributed by atoms with E-state index in [0.717, 1.165) is 24.3 Å². The fourth-order valence-electron chi connectivity index (χ4n) is 3.82. The van der Waals surface area contributed by atoms with Gasteiger partial charge in [-0.3, -0.25) is 0 Å². The number of rotatable bonds is 12. The molecule has 2 aromatic carbocycles. The summed E-state index contributed by atoms with van der Waals surface area (Å²) in [5, 5.41) is 0. The Balaban J connectivity index is 2.43. The van der Waals surface area contributed by atoms with Crippen LogP contribution in [0.3, 0.4) is 0 Å². The molecule has 0 radical (unpaired) electrons. The number of benzene rings is 2. The minimum absolute atomic E-state index is 0.0265. The normalized spacial score (nSPS) is 10.8. The lowest BCUT2D eigenvalue weighted by Crippen LogP contribution is -2.28. The van der Waals surface area contributed by atoms with Crippen molar-refractivity contribution in [3.05, 3.63) is 59.7 Å². The third kappa shape index (κ3) is 6.07. The fourth-order valence-corrected chi connectivity index (χ4v) is 3.82. The molecular formula is C27H32O2. The highest BCUT2D eigenvalue weighted by molar-refractivity contribution is 5.43. The lowest BCUT2D eigenvalue weighted by molar-refractivity contribution is 0.367.